The van der Waals surface area contributed by atoms with E-state index in [4.69, 9.17) is 5.11 Å². The van der Waals surface area contributed by atoms with Gasteiger partial charge in [-0.15, -0.1) is 0 Å². The summed E-state index contributed by atoms with van der Waals surface area (Å²) in [5.41, 5.74) is 0.544. The number of carboxylic acid groups (broad SMARTS) is 1. The predicted molar refractivity (Wildman–Crippen MR) is 78.8 cm³/mol. The summed E-state index contributed by atoms with van der Waals surface area (Å²) in [5.74, 6) is -2.46. The SMILES string of the molecule is CCC(C)NC(=O)CS(=O)(=O)Cc1ccc(C(=O)O)cc1. The highest BCUT2D eigenvalue weighted by atomic mass is 32.2. The molecule has 0 saturated heterocycles. The first-order valence-corrected chi connectivity index (χ1v) is 8.37. The number of carbonyl (C=O) groups excluding carboxylic acids is 1. The maximum absolute atomic E-state index is 11.9. The summed E-state index contributed by atoms with van der Waals surface area (Å²) in [6.07, 6.45) is 0.725. The lowest BCUT2D eigenvalue weighted by Crippen LogP contribution is -2.36. The van der Waals surface area contributed by atoms with Crippen molar-refractivity contribution in [2.45, 2.75) is 32.1 Å². The molecule has 0 fully saturated rings. The van der Waals surface area contributed by atoms with Crippen LogP contribution in [0.2, 0.25) is 0 Å². The van der Waals surface area contributed by atoms with Crippen molar-refractivity contribution < 1.29 is 23.1 Å². The van der Waals surface area contributed by atoms with Crippen LogP contribution in [0.5, 0.6) is 0 Å². The average molecular weight is 313 g/mol. The van der Waals surface area contributed by atoms with Crippen molar-refractivity contribution in [1.29, 1.82) is 0 Å². The van der Waals surface area contributed by atoms with Crippen molar-refractivity contribution in [3.63, 3.8) is 0 Å². The minimum Gasteiger partial charge on any atom is -0.478 e. The zero-order valence-electron chi connectivity index (χ0n) is 12.0. The molecule has 116 valence electrons. The van der Waals surface area contributed by atoms with E-state index in [1.54, 1.807) is 6.92 Å². The third kappa shape index (κ3) is 5.95. The van der Waals surface area contributed by atoms with Crippen molar-refractivity contribution >= 4 is 21.7 Å². The van der Waals surface area contributed by atoms with Crippen molar-refractivity contribution in [1.82, 2.24) is 5.32 Å². The number of carboxylic acids is 1. The van der Waals surface area contributed by atoms with Gasteiger partial charge in [-0.05, 0) is 31.0 Å². The molecule has 0 aliphatic carbocycles. The van der Waals surface area contributed by atoms with E-state index in [0.717, 1.165) is 6.42 Å². The van der Waals surface area contributed by atoms with Gasteiger partial charge in [0.25, 0.3) is 0 Å². The summed E-state index contributed by atoms with van der Waals surface area (Å²) in [7, 11) is -3.58. The van der Waals surface area contributed by atoms with E-state index in [9.17, 15) is 18.0 Å². The molecule has 1 aromatic carbocycles. The van der Waals surface area contributed by atoms with Crippen LogP contribution in [-0.2, 0) is 20.4 Å². The Kier molecular flexibility index (Phi) is 5.90. The largest absolute Gasteiger partial charge is 0.478 e. The van der Waals surface area contributed by atoms with Crippen LogP contribution in [0.4, 0.5) is 0 Å². The molecular formula is C14H19NO5S. The molecule has 6 nitrogen and oxygen atoms in total. The molecule has 1 unspecified atom stereocenters. The minimum absolute atomic E-state index is 0.0671. The van der Waals surface area contributed by atoms with Crippen LogP contribution in [0.15, 0.2) is 24.3 Å². The van der Waals surface area contributed by atoms with E-state index in [-0.39, 0.29) is 17.4 Å². The molecule has 1 aromatic rings. The van der Waals surface area contributed by atoms with Gasteiger partial charge in [-0.3, -0.25) is 4.79 Å². The molecule has 21 heavy (non-hydrogen) atoms. The Labute approximate surface area is 124 Å². The topological polar surface area (TPSA) is 101 Å². The number of nitrogens with one attached hydrogen (secondary N) is 1. The van der Waals surface area contributed by atoms with Crippen LogP contribution in [0.1, 0.15) is 36.2 Å². The van der Waals surface area contributed by atoms with Gasteiger partial charge >= 0.3 is 5.97 Å². The fourth-order valence-corrected chi connectivity index (χ4v) is 2.95. The van der Waals surface area contributed by atoms with E-state index >= 15 is 0 Å². The van der Waals surface area contributed by atoms with Crippen LogP contribution >= 0.6 is 0 Å². The molecule has 7 heteroatoms. The predicted octanol–water partition coefficient (Wildman–Crippen LogP) is 1.21. The molecule has 0 saturated carbocycles. The molecule has 0 heterocycles. The van der Waals surface area contributed by atoms with Crippen LogP contribution in [0.25, 0.3) is 0 Å². The van der Waals surface area contributed by atoms with Crippen molar-refractivity contribution in [3.05, 3.63) is 35.4 Å². The Morgan fingerprint density at radius 3 is 2.29 bits per heavy atom. The fraction of sp³-hybridized carbons (Fsp3) is 0.429. The van der Waals surface area contributed by atoms with Gasteiger partial charge in [-0.1, -0.05) is 19.1 Å². The quantitative estimate of drug-likeness (QED) is 0.788. The van der Waals surface area contributed by atoms with Gasteiger partial charge in [0, 0.05) is 6.04 Å². The minimum atomic E-state index is -3.58. The summed E-state index contributed by atoms with van der Waals surface area (Å²) in [4.78, 5) is 22.3. The molecule has 0 aliphatic rings. The first-order valence-electron chi connectivity index (χ1n) is 6.55. The number of amides is 1. The maximum Gasteiger partial charge on any atom is 0.335 e. The molecule has 0 bridgehead atoms. The van der Waals surface area contributed by atoms with Crippen molar-refractivity contribution in [2.24, 2.45) is 0 Å². The molecular weight excluding hydrogens is 294 g/mol. The van der Waals surface area contributed by atoms with E-state index < -0.39 is 27.5 Å². The van der Waals surface area contributed by atoms with Crippen LogP contribution < -0.4 is 5.32 Å². The van der Waals surface area contributed by atoms with Crippen molar-refractivity contribution in [3.8, 4) is 0 Å². The lowest BCUT2D eigenvalue weighted by molar-refractivity contribution is -0.119. The van der Waals surface area contributed by atoms with Gasteiger partial charge in [-0.2, -0.15) is 0 Å². The maximum atomic E-state index is 11.9. The average Bonchev–Trinajstić information content (AvgIpc) is 2.37. The first-order chi connectivity index (χ1) is 9.73. The second kappa shape index (κ2) is 7.21. The summed E-state index contributed by atoms with van der Waals surface area (Å²) in [6, 6.07) is 5.49. The van der Waals surface area contributed by atoms with E-state index in [0.29, 0.717) is 5.56 Å². The Balaban J connectivity index is 2.67. The number of rotatable bonds is 7. The first kappa shape index (κ1) is 17.2. The highest BCUT2D eigenvalue weighted by Crippen LogP contribution is 2.09. The molecule has 1 rings (SSSR count). The smallest absolute Gasteiger partial charge is 0.335 e. The summed E-state index contributed by atoms with van der Waals surface area (Å²) >= 11 is 0. The molecule has 0 aliphatic heterocycles. The Bertz CT molecular complexity index is 607. The zero-order chi connectivity index (χ0) is 16.0. The lowest BCUT2D eigenvalue weighted by atomic mass is 10.1. The number of benzene rings is 1. The third-order valence-corrected chi connectivity index (χ3v) is 4.43. The van der Waals surface area contributed by atoms with E-state index in [1.165, 1.54) is 24.3 Å². The van der Waals surface area contributed by atoms with Gasteiger partial charge in [-0.25, -0.2) is 13.2 Å². The number of hydrogen-bond donors (Lipinski definition) is 2. The zero-order valence-corrected chi connectivity index (χ0v) is 12.8. The number of carbonyl (C=O) groups is 2. The molecule has 2 N–H and O–H groups in total. The summed E-state index contributed by atoms with van der Waals surface area (Å²) in [5, 5.41) is 11.4. The van der Waals surface area contributed by atoms with Crippen LogP contribution in [-0.4, -0.2) is 37.2 Å². The third-order valence-electron chi connectivity index (χ3n) is 2.96. The molecule has 0 radical (unpaired) electrons. The standard InChI is InChI=1S/C14H19NO5S/c1-3-10(2)15-13(16)9-21(19,20)8-11-4-6-12(7-5-11)14(17)18/h4-7,10H,3,8-9H2,1-2H3,(H,15,16)(H,17,18). The molecule has 1 amide bonds. The molecule has 0 aromatic heterocycles. The highest BCUT2D eigenvalue weighted by molar-refractivity contribution is 7.91. The summed E-state index contributed by atoms with van der Waals surface area (Å²) in [6.45, 7) is 3.69. The Hall–Kier alpha value is -1.89. The number of hydrogen-bond acceptors (Lipinski definition) is 4. The second-order valence-corrected chi connectivity index (χ2v) is 6.98. The monoisotopic (exact) mass is 313 g/mol. The number of sulfone groups is 1. The lowest BCUT2D eigenvalue weighted by Gasteiger charge is -2.11. The Morgan fingerprint density at radius 2 is 1.81 bits per heavy atom. The van der Waals surface area contributed by atoms with Crippen molar-refractivity contribution in [2.75, 3.05) is 5.75 Å². The van der Waals surface area contributed by atoms with Gasteiger partial charge in [0.15, 0.2) is 9.84 Å². The molecule has 1 atom stereocenters. The summed E-state index contributed by atoms with van der Waals surface area (Å²) < 4.78 is 23.8. The van der Waals surface area contributed by atoms with E-state index in [2.05, 4.69) is 5.32 Å². The van der Waals surface area contributed by atoms with Gasteiger partial charge < -0.3 is 10.4 Å². The van der Waals surface area contributed by atoms with Gasteiger partial charge in [0.2, 0.25) is 5.91 Å². The normalized spacial score (nSPS) is 12.7. The van der Waals surface area contributed by atoms with Crippen LogP contribution in [0, 0.1) is 0 Å². The van der Waals surface area contributed by atoms with Gasteiger partial charge in [0.05, 0.1) is 11.3 Å². The second-order valence-electron chi connectivity index (χ2n) is 4.91. The Morgan fingerprint density at radius 1 is 1.24 bits per heavy atom. The fourth-order valence-electron chi connectivity index (χ4n) is 1.67. The number of aromatic carboxylic acids is 1. The molecule has 0 spiro atoms. The highest BCUT2D eigenvalue weighted by Gasteiger charge is 2.18. The van der Waals surface area contributed by atoms with Crippen LogP contribution in [0.3, 0.4) is 0 Å². The van der Waals surface area contributed by atoms with E-state index in [1.807, 2.05) is 6.92 Å². The van der Waals surface area contributed by atoms with Gasteiger partial charge in [0.1, 0.15) is 5.75 Å².